The smallest absolute Gasteiger partial charge is 0.293 e. The number of benzene rings is 1. The first-order valence-electron chi connectivity index (χ1n) is 9.44. The van der Waals surface area contributed by atoms with E-state index in [1.165, 1.54) is 16.4 Å². The largest absolute Gasteiger partial charge is 0.372 e. The summed E-state index contributed by atoms with van der Waals surface area (Å²) in [7, 11) is -3.71. The van der Waals surface area contributed by atoms with Gasteiger partial charge in [0.2, 0.25) is 10.0 Å². The van der Waals surface area contributed by atoms with Gasteiger partial charge in [0.25, 0.3) is 5.69 Å². The van der Waals surface area contributed by atoms with Crippen molar-refractivity contribution >= 4 is 21.4 Å². The quantitative estimate of drug-likeness (QED) is 0.560. The van der Waals surface area contributed by atoms with E-state index >= 15 is 0 Å². The molecule has 0 aliphatic carbocycles. The van der Waals surface area contributed by atoms with Crippen LogP contribution in [-0.4, -0.2) is 56.0 Å². The molecular weight excluding hydrogens is 370 g/mol. The summed E-state index contributed by atoms with van der Waals surface area (Å²) in [6.07, 6.45) is 3.45. The molecule has 27 heavy (non-hydrogen) atoms. The first-order chi connectivity index (χ1) is 12.8. The molecule has 0 spiro atoms. The summed E-state index contributed by atoms with van der Waals surface area (Å²) in [5.74, 6) is 0. The SMILES string of the molecule is CCC1(C)CN(c2ccc(S(=O)(=O)N3CCCCC3)cc2[N+](=O)[O-])CCO1. The number of nitro benzene ring substituents is 1. The number of nitro groups is 1. The Bertz CT molecular complexity index is 807. The van der Waals surface area contributed by atoms with Crippen LogP contribution in [0, 0.1) is 10.1 Å². The van der Waals surface area contributed by atoms with Gasteiger partial charge in [-0.2, -0.15) is 4.31 Å². The maximum atomic E-state index is 12.9. The van der Waals surface area contributed by atoms with Crippen LogP contribution in [-0.2, 0) is 14.8 Å². The third-order valence-electron chi connectivity index (χ3n) is 5.52. The van der Waals surface area contributed by atoms with E-state index in [9.17, 15) is 18.5 Å². The van der Waals surface area contributed by atoms with E-state index in [-0.39, 0.29) is 16.2 Å². The molecule has 0 saturated carbocycles. The van der Waals surface area contributed by atoms with Crippen LogP contribution in [0.5, 0.6) is 0 Å². The number of ether oxygens (including phenoxy) is 1. The van der Waals surface area contributed by atoms with Crippen molar-refractivity contribution in [3.05, 3.63) is 28.3 Å². The topological polar surface area (TPSA) is 93.0 Å². The highest BCUT2D eigenvalue weighted by Gasteiger charge is 2.34. The number of hydrogen-bond donors (Lipinski definition) is 0. The van der Waals surface area contributed by atoms with Crippen LogP contribution in [0.15, 0.2) is 23.1 Å². The molecule has 9 heteroatoms. The number of rotatable bonds is 5. The molecule has 0 N–H and O–H groups in total. The van der Waals surface area contributed by atoms with Crippen LogP contribution in [0.25, 0.3) is 0 Å². The van der Waals surface area contributed by atoms with E-state index in [2.05, 4.69) is 0 Å². The fourth-order valence-corrected chi connectivity index (χ4v) is 5.22. The summed E-state index contributed by atoms with van der Waals surface area (Å²) >= 11 is 0. The highest BCUT2D eigenvalue weighted by Crippen LogP contribution is 2.35. The van der Waals surface area contributed by atoms with Gasteiger partial charge in [-0.3, -0.25) is 10.1 Å². The van der Waals surface area contributed by atoms with Crippen molar-refractivity contribution in [2.45, 2.75) is 50.0 Å². The van der Waals surface area contributed by atoms with E-state index in [0.717, 1.165) is 25.7 Å². The Hall–Kier alpha value is -1.71. The second-order valence-corrected chi connectivity index (χ2v) is 9.38. The zero-order valence-electron chi connectivity index (χ0n) is 15.9. The maximum absolute atomic E-state index is 12.9. The molecule has 1 aromatic rings. The van der Waals surface area contributed by atoms with Crippen LogP contribution in [0.3, 0.4) is 0 Å². The molecule has 150 valence electrons. The molecule has 0 radical (unpaired) electrons. The van der Waals surface area contributed by atoms with Gasteiger partial charge < -0.3 is 9.64 Å². The summed E-state index contributed by atoms with van der Waals surface area (Å²) in [6.45, 7) is 6.49. The van der Waals surface area contributed by atoms with Crippen molar-refractivity contribution in [1.29, 1.82) is 0 Å². The van der Waals surface area contributed by atoms with E-state index in [0.29, 0.717) is 38.5 Å². The van der Waals surface area contributed by atoms with Crippen molar-refractivity contribution < 1.29 is 18.1 Å². The van der Waals surface area contributed by atoms with Crippen molar-refractivity contribution in [3.8, 4) is 0 Å². The third-order valence-corrected chi connectivity index (χ3v) is 7.42. The Morgan fingerprint density at radius 3 is 2.56 bits per heavy atom. The van der Waals surface area contributed by atoms with Crippen LogP contribution in [0.1, 0.15) is 39.5 Å². The molecule has 1 atom stereocenters. The minimum Gasteiger partial charge on any atom is -0.372 e. The zero-order valence-corrected chi connectivity index (χ0v) is 16.7. The van der Waals surface area contributed by atoms with Crippen molar-refractivity contribution in [3.63, 3.8) is 0 Å². The lowest BCUT2D eigenvalue weighted by atomic mass is 10.0. The Labute approximate surface area is 160 Å². The molecule has 2 heterocycles. The van der Waals surface area contributed by atoms with Gasteiger partial charge in [0, 0.05) is 32.2 Å². The van der Waals surface area contributed by atoms with E-state index in [1.54, 1.807) is 6.07 Å². The minimum atomic E-state index is -3.71. The summed E-state index contributed by atoms with van der Waals surface area (Å²) in [5, 5.41) is 11.7. The second kappa shape index (κ2) is 7.73. The van der Waals surface area contributed by atoms with Crippen LogP contribution >= 0.6 is 0 Å². The first-order valence-corrected chi connectivity index (χ1v) is 10.9. The number of hydrogen-bond acceptors (Lipinski definition) is 6. The Kier molecular flexibility index (Phi) is 5.73. The molecule has 2 aliphatic heterocycles. The van der Waals surface area contributed by atoms with E-state index < -0.39 is 14.9 Å². The monoisotopic (exact) mass is 397 g/mol. The third kappa shape index (κ3) is 4.09. The Balaban J connectivity index is 1.95. The Morgan fingerprint density at radius 2 is 1.93 bits per heavy atom. The lowest BCUT2D eigenvalue weighted by Gasteiger charge is -2.41. The average Bonchev–Trinajstić information content (AvgIpc) is 2.68. The zero-order chi connectivity index (χ0) is 19.7. The summed E-state index contributed by atoms with van der Waals surface area (Å²) < 4.78 is 33.0. The molecule has 8 nitrogen and oxygen atoms in total. The molecule has 0 amide bonds. The van der Waals surface area contributed by atoms with Gasteiger partial charge in [0.1, 0.15) is 5.69 Å². The highest BCUT2D eigenvalue weighted by molar-refractivity contribution is 7.89. The molecule has 0 bridgehead atoms. The van der Waals surface area contributed by atoms with Gasteiger partial charge in [0.15, 0.2) is 0 Å². The van der Waals surface area contributed by atoms with Crippen molar-refractivity contribution in [2.24, 2.45) is 0 Å². The first kappa shape index (κ1) is 20.0. The van der Waals surface area contributed by atoms with Gasteiger partial charge >= 0.3 is 0 Å². The van der Waals surface area contributed by atoms with E-state index in [1.807, 2.05) is 18.7 Å². The second-order valence-electron chi connectivity index (χ2n) is 7.45. The van der Waals surface area contributed by atoms with Gasteiger partial charge in [-0.25, -0.2) is 8.42 Å². The lowest BCUT2D eigenvalue weighted by molar-refractivity contribution is -0.384. The number of piperidine rings is 1. The minimum absolute atomic E-state index is 0.00800. The lowest BCUT2D eigenvalue weighted by Crippen LogP contribution is -2.50. The normalized spacial score (nSPS) is 24.7. The molecular formula is C18H27N3O5S. The van der Waals surface area contributed by atoms with Gasteiger partial charge in [-0.1, -0.05) is 13.3 Å². The summed E-state index contributed by atoms with van der Waals surface area (Å²) in [5.41, 5.74) is -0.0981. The maximum Gasteiger partial charge on any atom is 0.293 e. The highest BCUT2D eigenvalue weighted by atomic mass is 32.2. The number of morpholine rings is 1. The fraction of sp³-hybridized carbons (Fsp3) is 0.667. The molecule has 1 aromatic carbocycles. The molecule has 2 fully saturated rings. The van der Waals surface area contributed by atoms with Crippen molar-refractivity contribution in [1.82, 2.24) is 4.31 Å². The predicted octanol–water partition coefficient (Wildman–Crippen LogP) is 2.77. The molecule has 1 unspecified atom stereocenters. The predicted molar refractivity (Wildman–Crippen MR) is 103 cm³/mol. The molecule has 0 aromatic heterocycles. The Morgan fingerprint density at radius 1 is 1.22 bits per heavy atom. The van der Waals surface area contributed by atoms with Crippen LogP contribution < -0.4 is 4.90 Å². The molecule has 3 rings (SSSR count). The number of sulfonamides is 1. The summed E-state index contributed by atoms with van der Waals surface area (Å²) in [4.78, 5) is 13.1. The van der Waals surface area contributed by atoms with Gasteiger partial charge in [0.05, 0.1) is 22.0 Å². The van der Waals surface area contributed by atoms with Gasteiger partial charge in [-0.15, -0.1) is 0 Å². The molecule has 2 saturated heterocycles. The van der Waals surface area contributed by atoms with Crippen LogP contribution in [0.4, 0.5) is 11.4 Å². The molecule has 2 aliphatic rings. The average molecular weight is 397 g/mol. The van der Waals surface area contributed by atoms with E-state index in [4.69, 9.17) is 4.74 Å². The standard InChI is InChI=1S/C18H27N3O5S/c1-3-18(2)14-19(11-12-26-18)16-8-7-15(13-17(16)21(22)23)27(24,25)20-9-5-4-6-10-20/h7-8,13H,3-6,9-12,14H2,1-2H3. The van der Waals surface area contributed by atoms with Gasteiger partial charge in [-0.05, 0) is 38.3 Å². The van der Waals surface area contributed by atoms with Crippen molar-refractivity contribution in [2.75, 3.05) is 37.7 Å². The fourth-order valence-electron chi connectivity index (χ4n) is 3.68. The number of anilines is 1. The summed E-state index contributed by atoms with van der Waals surface area (Å²) in [6, 6.07) is 4.26. The number of nitrogens with zero attached hydrogens (tertiary/aromatic N) is 3. The van der Waals surface area contributed by atoms with Crippen LogP contribution in [0.2, 0.25) is 0 Å².